The topological polar surface area (TPSA) is 71.1 Å². The second-order valence-electron chi connectivity index (χ2n) is 6.16. The van der Waals surface area contributed by atoms with E-state index in [1.807, 2.05) is 38.1 Å². The van der Waals surface area contributed by atoms with Crippen LogP contribution in [0.15, 0.2) is 60.9 Å². The molecular formula is C21H18IN3O2. The number of amides is 2. The first kappa shape index (κ1) is 19.0. The Bertz CT molecular complexity index is 1000. The molecule has 0 bridgehead atoms. The Labute approximate surface area is 171 Å². The number of carbonyl (C=O) groups is 2. The maximum absolute atomic E-state index is 12.9. The maximum Gasteiger partial charge on any atom is 0.257 e. The summed E-state index contributed by atoms with van der Waals surface area (Å²) >= 11 is 2.14. The second-order valence-corrected chi connectivity index (χ2v) is 7.40. The van der Waals surface area contributed by atoms with E-state index in [-0.39, 0.29) is 11.8 Å². The van der Waals surface area contributed by atoms with Gasteiger partial charge in [0.25, 0.3) is 11.8 Å². The lowest BCUT2D eigenvalue weighted by Gasteiger charge is -2.13. The summed E-state index contributed by atoms with van der Waals surface area (Å²) in [6.07, 6.45) is 3.09. The van der Waals surface area contributed by atoms with Gasteiger partial charge in [-0.1, -0.05) is 17.7 Å². The predicted octanol–water partition coefficient (Wildman–Crippen LogP) is 4.81. The van der Waals surface area contributed by atoms with Crippen LogP contribution in [0, 0.1) is 17.4 Å². The molecular weight excluding hydrogens is 453 g/mol. The number of halogens is 1. The Kier molecular flexibility index (Phi) is 5.85. The number of nitrogens with one attached hydrogen (secondary N) is 2. The zero-order valence-electron chi connectivity index (χ0n) is 14.9. The molecule has 3 rings (SSSR count). The fourth-order valence-corrected chi connectivity index (χ4v) is 3.14. The minimum atomic E-state index is -0.315. The molecule has 0 atom stereocenters. The number of nitrogens with zero attached hydrogens (tertiary/aromatic N) is 1. The maximum atomic E-state index is 12.9. The lowest BCUT2D eigenvalue weighted by molar-refractivity contribution is 0.102. The fraction of sp³-hybridized carbons (Fsp3) is 0.0952. The van der Waals surface area contributed by atoms with E-state index in [0.717, 1.165) is 20.4 Å². The van der Waals surface area contributed by atoms with Crippen molar-refractivity contribution in [2.75, 3.05) is 10.6 Å². The summed E-state index contributed by atoms with van der Waals surface area (Å²) in [5, 5.41) is 5.73. The molecule has 0 fully saturated rings. The highest BCUT2D eigenvalue weighted by Gasteiger charge is 2.16. The van der Waals surface area contributed by atoms with Gasteiger partial charge in [-0.2, -0.15) is 0 Å². The standard InChI is InChI=1S/C21H18IN3O2/c1-13-5-7-18(14(2)10-13)24-21(27)17-11-16(22)6-8-19(17)25-20(26)15-4-3-9-23-12-15/h3-12H,1-2H3,(H,24,27)(H,25,26). The normalized spacial score (nSPS) is 10.3. The molecule has 5 nitrogen and oxygen atoms in total. The van der Waals surface area contributed by atoms with E-state index in [1.54, 1.807) is 30.5 Å². The zero-order valence-corrected chi connectivity index (χ0v) is 17.1. The Morgan fingerprint density at radius 1 is 0.926 bits per heavy atom. The van der Waals surface area contributed by atoms with Crippen LogP contribution in [0.3, 0.4) is 0 Å². The van der Waals surface area contributed by atoms with Crippen LogP contribution < -0.4 is 10.6 Å². The average Bonchev–Trinajstić information content (AvgIpc) is 2.66. The number of anilines is 2. The summed E-state index contributed by atoms with van der Waals surface area (Å²) in [6.45, 7) is 3.95. The summed E-state index contributed by atoms with van der Waals surface area (Å²) in [7, 11) is 0. The number of aromatic nitrogens is 1. The van der Waals surface area contributed by atoms with Gasteiger partial charge in [0.05, 0.1) is 16.8 Å². The van der Waals surface area contributed by atoms with Gasteiger partial charge in [0.1, 0.15) is 0 Å². The molecule has 136 valence electrons. The number of pyridine rings is 1. The van der Waals surface area contributed by atoms with Gasteiger partial charge in [-0.05, 0) is 78.4 Å². The van der Waals surface area contributed by atoms with Crippen LogP contribution in [0.5, 0.6) is 0 Å². The number of hydrogen-bond donors (Lipinski definition) is 2. The van der Waals surface area contributed by atoms with Gasteiger partial charge >= 0.3 is 0 Å². The van der Waals surface area contributed by atoms with Crippen LogP contribution in [0.25, 0.3) is 0 Å². The van der Waals surface area contributed by atoms with Crippen LogP contribution in [-0.2, 0) is 0 Å². The molecule has 0 aliphatic heterocycles. The van der Waals surface area contributed by atoms with Crippen molar-refractivity contribution < 1.29 is 9.59 Å². The van der Waals surface area contributed by atoms with Crippen molar-refractivity contribution in [2.24, 2.45) is 0 Å². The van der Waals surface area contributed by atoms with Crippen LogP contribution in [0.2, 0.25) is 0 Å². The van der Waals surface area contributed by atoms with E-state index in [4.69, 9.17) is 0 Å². The van der Waals surface area contributed by atoms with Gasteiger partial charge in [0.15, 0.2) is 0 Å². The molecule has 0 unspecified atom stereocenters. The first-order valence-corrected chi connectivity index (χ1v) is 9.41. The van der Waals surface area contributed by atoms with Crippen molar-refractivity contribution in [3.8, 4) is 0 Å². The van der Waals surface area contributed by atoms with E-state index in [0.29, 0.717) is 16.8 Å². The van der Waals surface area contributed by atoms with E-state index >= 15 is 0 Å². The minimum absolute atomic E-state index is 0.276. The number of carbonyl (C=O) groups excluding carboxylic acids is 2. The molecule has 0 saturated carbocycles. The lowest BCUT2D eigenvalue weighted by Crippen LogP contribution is -2.19. The number of aryl methyl sites for hydroxylation is 2. The largest absolute Gasteiger partial charge is 0.322 e. The fourth-order valence-electron chi connectivity index (χ4n) is 2.65. The highest BCUT2D eigenvalue weighted by Crippen LogP contribution is 2.23. The summed E-state index contributed by atoms with van der Waals surface area (Å²) in [5.41, 5.74) is 4.13. The molecule has 0 saturated heterocycles. The Hall–Kier alpha value is -2.74. The van der Waals surface area contributed by atoms with Crippen molar-refractivity contribution in [2.45, 2.75) is 13.8 Å². The monoisotopic (exact) mass is 471 g/mol. The first-order valence-electron chi connectivity index (χ1n) is 8.33. The molecule has 2 N–H and O–H groups in total. The minimum Gasteiger partial charge on any atom is -0.322 e. The number of hydrogen-bond acceptors (Lipinski definition) is 3. The van der Waals surface area contributed by atoms with Gasteiger partial charge in [-0.15, -0.1) is 0 Å². The summed E-state index contributed by atoms with van der Waals surface area (Å²) in [4.78, 5) is 29.3. The van der Waals surface area contributed by atoms with Crippen molar-refractivity contribution in [1.82, 2.24) is 4.98 Å². The number of benzene rings is 2. The van der Waals surface area contributed by atoms with Gasteiger partial charge in [0, 0.05) is 21.7 Å². The lowest BCUT2D eigenvalue weighted by atomic mass is 10.1. The van der Waals surface area contributed by atoms with Crippen molar-refractivity contribution in [3.05, 3.63) is 86.7 Å². The molecule has 2 amide bonds. The van der Waals surface area contributed by atoms with E-state index in [2.05, 4.69) is 38.2 Å². The Morgan fingerprint density at radius 3 is 2.37 bits per heavy atom. The first-order chi connectivity index (χ1) is 12.9. The van der Waals surface area contributed by atoms with Crippen LogP contribution in [-0.4, -0.2) is 16.8 Å². The zero-order chi connectivity index (χ0) is 19.4. The summed E-state index contributed by atoms with van der Waals surface area (Å²) in [5.74, 6) is -0.591. The molecule has 3 aromatic rings. The van der Waals surface area contributed by atoms with Gasteiger partial charge in [0.2, 0.25) is 0 Å². The molecule has 0 radical (unpaired) electrons. The van der Waals surface area contributed by atoms with E-state index < -0.39 is 0 Å². The van der Waals surface area contributed by atoms with Crippen LogP contribution >= 0.6 is 22.6 Å². The van der Waals surface area contributed by atoms with Crippen molar-refractivity contribution in [3.63, 3.8) is 0 Å². The van der Waals surface area contributed by atoms with Crippen molar-refractivity contribution in [1.29, 1.82) is 0 Å². The number of rotatable bonds is 4. The molecule has 6 heteroatoms. The third kappa shape index (κ3) is 4.71. The van der Waals surface area contributed by atoms with Gasteiger partial charge in [-0.25, -0.2) is 0 Å². The molecule has 0 spiro atoms. The smallest absolute Gasteiger partial charge is 0.257 e. The molecule has 0 aliphatic carbocycles. The highest BCUT2D eigenvalue weighted by atomic mass is 127. The van der Waals surface area contributed by atoms with E-state index in [1.165, 1.54) is 6.20 Å². The Morgan fingerprint density at radius 2 is 1.67 bits per heavy atom. The Balaban J connectivity index is 1.87. The molecule has 0 aliphatic rings. The van der Waals surface area contributed by atoms with Crippen molar-refractivity contribution >= 4 is 45.8 Å². The van der Waals surface area contributed by atoms with Gasteiger partial charge in [-0.3, -0.25) is 14.6 Å². The summed E-state index contributed by atoms with van der Waals surface area (Å²) in [6, 6.07) is 14.5. The van der Waals surface area contributed by atoms with Crippen LogP contribution in [0.1, 0.15) is 31.8 Å². The highest BCUT2D eigenvalue weighted by molar-refractivity contribution is 14.1. The SMILES string of the molecule is Cc1ccc(NC(=O)c2cc(I)ccc2NC(=O)c2cccnc2)c(C)c1. The third-order valence-corrected chi connectivity index (χ3v) is 4.70. The second kappa shape index (κ2) is 8.30. The van der Waals surface area contributed by atoms with Crippen LogP contribution in [0.4, 0.5) is 11.4 Å². The molecule has 27 heavy (non-hydrogen) atoms. The molecule has 2 aromatic carbocycles. The van der Waals surface area contributed by atoms with E-state index in [9.17, 15) is 9.59 Å². The average molecular weight is 471 g/mol. The van der Waals surface area contributed by atoms with Gasteiger partial charge < -0.3 is 10.6 Å². The molecule has 1 aromatic heterocycles. The summed E-state index contributed by atoms with van der Waals surface area (Å²) < 4.78 is 0.901. The molecule has 1 heterocycles. The predicted molar refractivity (Wildman–Crippen MR) is 115 cm³/mol. The third-order valence-electron chi connectivity index (χ3n) is 4.03. The quantitative estimate of drug-likeness (QED) is 0.537.